The summed E-state index contributed by atoms with van der Waals surface area (Å²) in [6, 6.07) is 8.44. The minimum Gasteiger partial charge on any atom is -0.548 e. The average molecular weight is 1180 g/mol. The van der Waals surface area contributed by atoms with E-state index in [2.05, 4.69) is 31.2 Å². The van der Waals surface area contributed by atoms with Crippen LogP contribution in [0.3, 0.4) is 0 Å². The largest absolute Gasteiger partial charge is 1.00 e. The monoisotopic (exact) mass is 1180 g/mol. The smallest absolute Gasteiger partial charge is 0.548 e. The molecule has 0 fully saturated rings. The number of aliphatic carboxylic acids is 1. The third kappa shape index (κ3) is 67.7. The fraction of sp³-hybridized carbons (Fsp3) is 0.877. The summed E-state index contributed by atoms with van der Waals surface area (Å²) in [6.45, 7) is 20.6. The van der Waals surface area contributed by atoms with Gasteiger partial charge in [0.15, 0.2) is 0 Å². The summed E-state index contributed by atoms with van der Waals surface area (Å²) in [7, 11) is 0. The van der Waals surface area contributed by atoms with Crippen LogP contribution in [0, 0.1) is 0 Å². The SMILES string of the molecule is CCCCCCCCCc1ccc(OCCOCCOCCOCCOCCOCCOCCOCCOCCOCCOCCOCCOCCOCCOCCOCCOCCOCCOCCOCCOCC(=O)[O-])cc1.[Na+]. The molecule has 0 saturated heterocycles. The summed E-state index contributed by atoms with van der Waals surface area (Å²) >= 11 is 0. The van der Waals surface area contributed by atoms with Crippen molar-refractivity contribution in [3.05, 3.63) is 29.8 Å². The molecular formula is C57H105NaO23. The number of carboxylic acids is 1. The average Bonchev–Trinajstić information content (AvgIpc) is 3.46. The Morgan fingerprint density at radius 3 is 0.704 bits per heavy atom. The molecule has 472 valence electrons. The summed E-state index contributed by atoms with van der Waals surface area (Å²) in [5.74, 6) is -0.371. The van der Waals surface area contributed by atoms with Crippen LogP contribution in [0.5, 0.6) is 5.75 Å². The number of carbonyl (C=O) groups excluding carboxylic acids is 1. The normalized spacial score (nSPS) is 11.5. The molecule has 0 heterocycles. The molecule has 0 amide bonds. The molecule has 0 aromatic heterocycles. The molecule has 1 aromatic rings. The van der Waals surface area contributed by atoms with Crippen LogP contribution in [0.25, 0.3) is 0 Å². The molecule has 1 rings (SSSR count). The van der Waals surface area contributed by atoms with E-state index >= 15 is 0 Å². The first-order valence-electron chi connectivity index (χ1n) is 29.2. The van der Waals surface area contributed by atoms with Crippen molar-refractivity contribution < 1.29 is 139 Å². The predicted octanol–water partition coefficient (Wildman–Crippen LogP) is 0.444. The molecule has 0 saturated carbocycles. The number of unbranched alkanes of at least 4 members (excludes halogenated alkanes) is 6. The number of carbonyl (C=O) groups is 1. The third-order valence-corrected chi connectivity index (χ3v) is 10.8. The molecule has 1 aromatic carbocycles. The third-order valence-electron chi connectivity index (χ3n) is 10.8. The van der Waals surface area contributed by atoms with E-state index in [1.54, 1.807) is 0 Å². The zero-order valence-electron chi connectivity index (χ0n) is 49.8. The molecule has 23 nitrogen and oxygen atoms in total. The van der Waals surface area contributed by atoms with Crippen LogP contribution in [0.1, 0.15) is 57.4 Å². The predicted molar refractivity (Wildman–Crippen MR) is 295 cm³/mol. The Hall–Kier alpha value is -1.31. The van der Waals surface area contributed by atoms with E-state index in [9.17, 15) is 9.90 Å². The van der Waals surface area contributed by atoms with E-state index in [4.69, 9.17) is 99.5 Å². The Morgan fingerprint density at radius 1 is 0.284 bits per heavy atom. The first-order chi connectivity index (χ1) is 39.7. The van der Waals surface area contributed by atoms with E-state index in [1.807, 2.05) is 0 Å². The second-order valence-corrected chi connectivity index (χ2v) is 17.4. The Bertz CT molecular complexity index is 1330. The van der Waals surface area contributed by atoms with Crippen LogP contribution in [0.15, 0.2) is 24.3 Å². The fourth-order valence-electron chi connectivity index (χ4n) is 6.59. The maximum absolute atomic E-state index is 10.2. The Kier molecular flexibility index (Phi) is 70.0. The second-order valence-electron chi connectivity index (χ2n) is 17.4. The summed E-state index contributed by atoms with van der Waals surface area (Å²) < 4.78 is 115. The summed E-state index contributed by atoms with van der Waals surface area (Å²) in [6.07, 6.45) is 10.5. The van der Waals surface area contributed by atoms with Crippen LogP contribution in [0.4, 0.5) is 0 Å². The standard InChI is InChI=1S/C57H106O23.Na/c1-2-3-4-5-6-7-8-9-55-10-12-56(13-11-55)80-53-52-78-49-48-76-45-44-74-41-40-72-37-36-70-33-32-68-29-28-66-25-24-64-21-20-62-17-16-60-14-15-61-18-19-63-22-23-65-26-27-67-30-31-69-34-35-71-38-39-73-42-43-75-46-47-77-50-51-79-54-57(58)59;/h10-13H,2-9,14-54H2,1H3,(H,58,59);/q;+1/p-1. The van der Waals surface area contributed by atoms with Gasteiger partial charge in [0, 0.05) is 0 Å². The van der Waals surface area contributed by atoms with Crippen molar-refractivity contribution >= 4 is 5.97 Å². The maximum atomic E-state index is 10.2. The molecule has 24 heteroatoms. The van der Waals surface area contributed by atoms with Gasteiger partial charge < -0.3 is 109 Å². The Balaban J connectivity index is 0.0000640. The van der Waals surface area contributed by atoms with E-state index in [1.165, 1.54) is 50.5 Å². The van der Waals surface area contributed by atoms with Gasteiger partial charge in [0.1, 0.15) is 12.4 Å². The number of hydrogen-bond donors (Lipinski definition) is 0. The minimum atomic E-state index is -1.25. The van der Waals surface area contributed by atoms with Gasteiger partial charge in [-0.2, -0.15) is 0 Å². The molecule has 0 radical (unpaired) electrons. The van der Waals surface area contributed by atoms with Crippen molar-refractivity contribution in [2.24, 2.45) is 0 Å². The fourth-order valence-corrected chi connectivity index (χ4v) is 6.59. The van der Waals surface area contributed by atoms with E-state index in [0.717, 1.165) is 12.2 Å². The zero-order valence-corrected chi connectivity index (χ0v) is 51.8. The molecule has 0 unspecified atom stereocenters. The summed E-state index contributed by atoms with van der Waals surface area (Å²) in [5, 5.41) is 10.2. The van der Waals surface area contributed by atoms with Crippen LogP contribution >= 0.6 is 0 Å². The molecule has 0 aliphatic carbocycles. The number of rotatable bonds is 71. The van der Waals surface area contributed by atoms with Gasteiger partial charge in [-0.05, 0) is 30.5 Å². The summed E-state index contributed by atoms with van der Waals surface area (Å²) in [5.41, 5.74) is 1.37. The van der Waals surface area contributed by atoms with E-state index in [0.29, 0.717) is 258 Å². The first kappa shape index (κ1) is 79.7. The summed E-state index contributed by atoms with van der Waals surface area (Å²) in [4.78, 5) is 10.2. The zero-order chi connectivity index (χ0) is 57.1. The van der Waals surface area contributed by atoms with Gasteiger partial charge in [-0.3, -0.25) is 0 Å². The van der Waals surface area contributed by atoms with Gasteiger partial charge in [-0.15, -0.1) is 0 Å². The molecular weight excluding hydrogens is 1080 g/mol. The van der Waals surface area contributed by atoms with Crippen molar-refractivity contribution in [3.8, 4) is 5.75 Å². The van der Waals surface area contributed by atoms with Crippen LogP contribution in [-0.4, -0.2) is 277 Å². The Labute approximate surface area is 507 Å². The number of ether oxygens (including phenoxy) is 21. The van der Waals surface area contributed by atoms with Crippen molar-refractivity contribution in [1.29, 1.82) is 0 Å². The van der Waals surface area contributed by atoms with Crippen LogP contribution in [-0.2, 0) is 106 Å². The molecule has 0 N–H and O–H groups in total. The van der Waals surface area contributed by atoms with Gasteiger partial charge in [0.05, 0.1) is 270 Å². The van der Waals surface area contributed by atoms with Crippen LogP contribution < -0.4 is 39.4 Å². The van der Waals surface area contributed by atoms with Gasteiger partial charge in [0.2, 0.25) is 0 Å². The van der Waals surface area contributed by atoms with E-state index in [-0.39, 0.29) is 36.2 Å². The van der Waals surface area contributed by atoms with E-state index < -0.39 is 12.6 Å². The molecule has 81 heavy (non-hydrogen) atoms. The Morgan fingerprint density at radius 2 is 0.481 bits per heavy atom. The second kappa shape index (κ2) is 71.2. The first-order valence-corrected chi connectivity index (χ1v) is 29.2. The molecule has 0 aliphatic heterocycles. The minimum absolute atomic E-state index is 0. The van der Waals surface area contributed by atoms with Crippen molar-refractivity contribution in [1.82, 2.24) is 0 Å². The van der Waals surface area contributed by atoms with Gasteiger partial charge >= 0.3 is 29.6 Å². The molecule has 0 aliphatic rings. The number of benzene rings is 1. The molecule has 0 spiro atoms. The van der Waals surface area contributed by atoms with Crippen molar-refractivity contribution in [2.45, 2.75) is 58.3 Å². The van der Waals surface area contributed by atoms with Gasteiger partial charge in [-0.1, -0.05) is 57.6 Å². The topological polar surface area (TPSA) is 234 Å². The van der Waals surface area contributed by atoms with Crippen molar-refractivity contribution in [3.63, 3.8) is 0 Å². The van der Waals surface area contributed by atoms with Gasteiger partial charge in [0.25, 0.3) is 0 Å². The van der Waals surface area contributed by atoms with Gasteiger partial charge in [-0.25, -0.2) is 0 Å². The number of hydrogen-bond acceptors (Lipinski definition) is 23. The number of carboxylic acid groups (broad SMARTS) is 1. The maximum Gasteiger partial charge on any atom is 1.00 e. The molecule has 0 bridgehead atoms. The van der Waals surface area contributed by atoms with Crippen LogP contribution in [0.2, 0.25) is 0 Å². The molecule has 0 atom stereocenters. The quantitative estimate of drug-likeness (QED) is 0.0636. The van der Waals surface area contributed by atoms with Crippen molar-refractivity contribution in [2.75, 3.05) is 271 Å². The number of aryl methyl sites for hydroxylation is 1.